The lowest BCUT2D eigenvalue weighted by atomic mass is 10.1. The molecule has 2 amide bonds. The molecule has 0 saturated carbocycles. The van der Waals surface area contributed by atoms with Crippen LogP contribution >= 0.6 is 11.6 Å². The molecule has 5 nitrogen and oxygen atoms in total. The molecule has 0 unspecified atom stereocenters. The molecule has 6 heteroatoms. The van der Waals surface area contributed by atoms with E-state index in [1.54, 1.807) is 25.1 Å². The number of halogens is 1. The maximum atomic E-state index is 12.0. The van der Waals surface area contributed by atoms with Crippen molar-refractivity contribution in [3.05, 3.63) is 34.5 Å². The summed E-state index contributed by atoms with van der Waals surface area (Å²) in [6.07, 6.45) is 0.751. The third-order valence-electron chi connectivity index (χ3n) is 2.99. The number of hydrogen-bond acceptors (Lipinski definition) is 3. The number of nitrogens with one attached hydrogen (secondary N) is 1. The number of primary amides is 1. The van der Waals surface area contributed by atoms with Gasteiger partial charge in [-0.3, -0.25) is 9.59 Å². The van der Waals surface area contributed by atoms with E-state index in [1.165, 1.54) is 0 Å². The van der Waals surface area contributed by atoms with Gasteiger partial charge in [-0.25, -0.2) is 0 Å². The van der Waals surface area contributed by atoms with Crippen LogP contribution in [0.2, 0.25) is 5.02 Å². The third kappa shape index (κ3) is 3.11. The van der Waals surface area contributed by atoms with Crippen LogP contribution in [0.3, 0.4) is 0 Å². The van der Waals surface area contributed by atoms with Crippen LogP contribution in [-0.2, 0) is 4.79 Å². The number of amides is 2. The first-order valence-corrected chi connectivity index (χ1v) is 6.62. The summed E-state index contributed by atoms with van der Waals surface area (Å²) in [4.78, 5) is 22.6. The van der Waals surface area contributed by atoms with Crippen molar-refractivity contribution in [3.63, 3.8) is 0 Å². The maximum absolute atomic E-state index is 12.0. The Kier molecular flexibility index (Phi) is 4.29. The number of carbonyl (C=O) groups is 2. The quantitative estimate of drug-likeness (QED) is 0.830. The van der Waals surface area contributed by atoms with Crippen LogP contribution < -0.4 is 11.1 Å². The second-order valence-corrected chi connectivity index (χ2v) is 4.96. The van der Waals surface area contributed by atoms with E-state index in [0.29, 0.717) is 23.6 Å². The summed E-state index contributed by atoms with van der Waals surface area (Å²) in [6, 6.07) is 5.20. The summed E-state index contributed by atoms with van der Waals surface area (Å²) < 4.78 is 5.53. The number of carbonyl (C=O) groups excluding carboxylic acids is 2. The summed E-state index contributed by atoms with van der Waals surface area (Å²) >= 11 is 5.93. The first-order chi connectivity index (χ1) is 9.49. The molecule has 0 aliphatic carbocycles. The number of rotatable bonds is 5. The Bertz CT molecular complexity index is 664. The Morgan fingerprint density at radius 1 is 1.40 bits per heavy atom. The number of benzene rings is 1. The predicted octanol–water partition coefficient (Wildman–Crippen LogP) is 2.39. The van der Waals surface area contributed by atoms with Gasteiger partial charge in [-0.05, 0) is 31.5 Å². The molecule has 0 bridgehead atoms. The van der Waals surface area contributed by atoms with Crippen LogP contribution in [0.1, 0.15) is 29.0 Å². The minimum Gasteiger partial charge on any atom is -0.451 e. The summed E-state index contributed by atoms with van der Waals surface area (Å²) in [5.74, 6) is -0.422. The molecule has 1 heterocycles. The van der Waals surface area contributed by atoms with Gasteiger partial charge in [0.25, 0.3) is 5.91 Å². The molecule has 3 N–H and O–H groups in total. The van der Waals surface area contributed by atoms with Gasteiger partial charge >= 0.3 is 0 Å². The van der Waals surface area contributed by atoms with Crippen molar-refractivity contribution in [2.45, 2.75) is 19.8 Å². The molecule has 106 valence electrons. The highest BCUT2D eigenvalue weighted by molar-refractivity contribution is 6.31. The van der Waals surface area contributed by atoms with Crippen molar-refractivity contribution in [1.82, 2.24) is 5.32 Å². The van der Waals surface area contributed by atoms with Gasteiger partial charge in [0.05, 0.1) is 0 Å². The fraction of sp³-hybridized carbons (Fsp3) is 0.286. The van der Waals surface area contributed by atoms with E-state index in [-0.39, 0.29) is 24.0 Å². The lowest BCUT2D eigenvalue weighted by Gasteiger charge is -2.02. The smallest absolute Gasteiger partial charge is 0.287 e. The molecule has 0 fully saturated rings. The molecular weight excluding hydrogens is 280 g/mol. The van der Waals surface area contributed by atoms with E-state index in [4.69, 9.17) is 21.8 Å². The minimum absolute atomic E-state index is 0.245. The molecule has 0 aliphatic rings. The Labute approximate surface area is 121 Å². The number of hydrogen-bond donors (Lipinski definition) is 2. The van der Waals surface area contributed by atoms with E-state index in [0.717, 1.165) is 10.9 Å². The van der Waals surface area contributed by atoms with Gasteiger partial charge in [0.15, 0.2) is 5.76 Å². The van der Waals surface area contributed by atoms with Crippen LogP contribution in [0.15, 0.2) is 22.6 Å². The molecule has 20 heavy (non-hydrogen) atoms. The van der Waals surface area contributed by atoms with Crippen molar-refractivity contribution < 1.29 is 14.0 Å². The van der Waals surface area contributed by atoms with Crippen LogP contribution in [0, 0.1) is 6.92 Å². The minimum atomic E-state index is -0.381. The first-order valence-electron chi connectivity index (χ1n) is 6.24. The summed E-state index contributed by atoms with van der Waals surface area (Å²) in [6.45, 7) is 2.18. The predicted molar refractivity (Wildman–Crippen MR) is 76.7 cm³/mol. The van der Waals surface area contributed by atoms with E-state index in [9.17, 15) is 9.59 Å². The number of nitrogens with two attached hydrogens (primary N) is 1. The van der Waals surface area contributed by atoms with Gasteiger partial charge < -0.3 is 15.5 Å². The van der Waals surface area contributed by atoms with E-state index < -0.39 is 0 Å². The zero-order chi connectivity index (χ0) is 14.7. The number of furan rings is 1. The van der Waals surface area contributed by atoms with Gasteiger partial charge in [-0.2, -0.15) is 0 Å². The Balaban J connectivity index is 2.10. The molecule has 0 spiro atoms. The maximum Gasteiger partial charge on any atom is 0.287 e. The van der Waals surface area contributed by atoms with Crippen molar-refractivity contribution in [2.75, 3.05) is 6.54 Å². The molecular formula is C14H15ClN2O3. The molecule has 2 rings (SSSR count). The standard InChI is InChI=1S/C14H15ClN2O3/c1-8-10-7-9(15)4-5-11(10)20-13(8)14(19)17-6-2-3-12(16)18/h4-5,7H,2-3,6H2,1H3,(H2,16,18)(H,17,19). The van der Waals surface area contributed by atoms with Gasteiger partial charge in [0.1, 0.15) is 5.58 Å². The van der Waals surface area contributed by atoms with E-state index >= 15 is 0 Å². The highest BCUT2D eigenvalue weighted by Crippen LogP contribution is 2.27. The molecule has 2 aromatic rings. The Morgan fingerprint density at radius 2 is 2.15 bits per heavy atom. The fourth-order valence-corrected chi connectivity index (χ4v) is 2.13. The summed E-state index contributed by atoms with van der Waals surface area (Å²) in [5, 5.41) is 4.11. The van der Waals surface area contributed by atoms with Crippen molar-refractivity contribution in [3.8, 4) is 0 Å². The van der Waals surface area contributed by atoms with Crippen molar-refractivity contribution in [1.29, 1.82) is 0 Å². The average molecular weight is 295 g/mol. The molecule has 0 atom stereocenters. The Morgan fingerprint density at radius 3 is 2.85 bits per heavy atom. The fourth-order valence-electron chi connectivity index (χ4n) is 1.95. The van der Waals surface area contributed by atoms with Crippen LogP contribution in [0.4, 0.5) is 0 Å². The highest BCUT2D eigenvalue weighted by Gasteiger charge is 2.17. The molecule has 0 aliphatic heterocycles. The largest absolute Gasteiger partial charge is 0.451 e. The average Bonchev–Trinajstić information content (AvgIpc) is 2.72. The van der Waals surface area contributed by atoms with Crippen LogP contribution in [-0.4, -0.2) is 18.4 Å². The van der Waals surface area contributed by atoms with Gasteiger partial charge in [0, 0.05) is 28.9 Å². The molecule has 0 saturated heterocycles. The van der Waals surface area contributed by atoms with Gasteiger partial charge in [-0.1, -0.05) is 11.6 Å². The van der Waals surface area contributed by atoms with Crippen LogP contribution in [0.5, 0.6) is 0 Å². The number of fused-ring (bicyclic) bond motifs is 1. The van der Waals surface area contributed by atoms with Gasteiger partial charge in [-0.15, -0.1) is 0 Å². The topological polar surface area (TPSA) is 85.3 Å². The number of aryl methyl sites for hydroxylation is 1. The third-order valence-corrected chi connectivity index (χ3v) is 3.23. The molecule has 0 radical (unpaired) electrons. The van der Waals surface area contributed by atoms with Crippen molar-refractivity contribution in [2.24, 2.45) is 5.73 Å². The first kappa shape index (κ1) is 14.4. The normalized spacial score (nSPS) is 10.7. The lowest BCUT2D eigenvalue weighted by molar-refractivity contribution is -0.118. The van der Waals surface area contributed by atoms with Crippen LogP contribution in [0.25, 0.3) is 11.0 Å². The second-order valence-electron chi connectivity index (χ2n) is 4.52. The van der Waals surface area contributed by atoms with E-state index in [1.807, 2.05) is 0 Å². The highest BCUT2D eigenvalue weighted by atomic mass is 35.5. The summed E-state index contributed by atoms with van der Waals surface area (Å²) in [7, 11) is 0. The zero-order valence-electron chi connectivity index (χ0n) is 11.0. The zero-order valence-corrected chi connectivity index (χ0v) is 11.8. The second kappa shape index (κ2) is 5.96. The van der Waals surface area contributed by atoms with E-state index in [2.05, 4.69) is 5.32 Å². The van der Waals surface area contributed by atoms with Gasteiger partial charge in [0.2, 0.25) is 5.91 Å². The van der Waals surface area contributed by atoms with Crippen molar-refractivity contribution >= 4 is 34.4 Å². The molecule has 1 aromatic carbocycles. The Hall–Kier alpha value is -2.01. The lowest BCUT2D eigenvalue weighted by Crippen LogP contribution is -2.25. The summed E-state index contributed by atoms with van der Waals surface area (Å²) in [5.41, 5.74) is 6.39. The monoisotopic (exact) mass is 294 g/mol. The SMILES string of the molecule is Cc1c(C(=O)NCCCC(N)=O)oc2ccc(Cl)cc12. The molecule has 1 aromatic heterocycles.